The second-order valence-corrected chi connectivity index (χ2v) is 4.88. The third kappa shape index (κ3) is 4.11. The van der Waals surface area contributed by atoms with Crippen molar-refractivity contribution in [1.82, 2.24) is 0 Å². The number of carbonyl (C=O) groups is 1. The average Bonchev–Trinajstić information content (AvgIpc) is 2.50. The van der Waals surface area contributed by atoms with Gasteiger partial charge in [0.1, 0.15) is 22.8 Å². The van der Waals surface area contributed by atoms with E-state index in [1.807, 2.05) is 19.9 Å². The highest BCUT2D eigenvalue weighted by Gasteiger charge is 2.22. The topological polar surface area (TPSA) is 65.0 Å². The van der Waals surface area contributed by atoms with Crippen LogP contribution in [0.5, 0.6) is 17.2 Å². The van der Waals surface area contributed by atoms with Crippen LogP contribution in [0.2, 0.25) is 0 Å². The molecule has 0 aliphatic rings. The summed E-state index contributed by atoms with van der Waals surface area (Å²) in [5, 5.41) is 10.5. The maximum absolute atomic E-state index is 12.0. The Morgan fingerprint density at radius 1 is 1.32 bits per heavy atom. The third-order valence-corrected chi connectivity index (χ3v) is 3.03. The summed E-state index contributed by atoms with van der Waals surface area (Å²) in [7, 11) is 2.92. The molecule has 0 radical (unpaired) electrons. The Morgan fingerprint density at radius 3 is 2.50 bits per heavy atom. The number of phenolic OH excluding ortho intramolecular Hbond substituents is 1. The van der Waals surface area contributed by atoms with Crippen molar-refractivity contribution in [2.75, 3.05) is 21.0 Å². The van der Waals surface area contributed by atoms with Crippen LogP contribution in [0.4, 0.5) is 0 Å². The fourth-order valence-electron chi connectivity index (χ4n) is 1.92. The zero-order valence-corrected chi connectivity index (χ0v) is 13.4. The van der Waals surface area contributed by atoms with Gasteiger partial charge in [-0.2, -0.15) is 0 Å². The minimum atomic E-state index is -0.411. The van der Waals surface area contributed by atoms with Crippen LogP contribution in [0.25, 0.3) is 0 Å². The molecule has 0 saturated heterocycles. The predicted molar refractivity (Wildman–Crippen MR) is 84.8 cm³/mol. The van der Waals surface area contributed by atoms with Gasteiger partial charge in [0, 0.05) is 18.7 Å². The number of carbonyl (C=O) groups excluding carboxylic acids is 1. The molecule has 0 unspecified atom stereocenters. The normalized spacial score (nSPS) is 10.0. The molecule has 0 saturated carbocycles. The largest absolute Gasteiger partial charge is 0.507 e. The third-order valence-electron chi connectivity index (χ3n) is 3.03. The van der Waals surface area contributed by atoms with Crippen LogP contribution in [-0.4, -0.2) is 31.9 Å². The SMILES string of the molecule is C=CC(=O)c1c(OC)cc(OCOC)c(CC=C(C)C)c1O. The Kier molecular flexibility index (Phi) is 6.66. The molecule has 0 atom stereocenters. The van der Waals surface area contributed by atoms with Crippen molar-refractivity contribution in [3.63, 3.8) is 0 Å². The minimum Gasteiger partial charge on any atom is -0.507 e. The molecule has 1 N–H and O–H groups in total. The number of phenols is 1. The van der Waals surface area contributed by atoms with Crippen molar-refractivity contribution < 1.29 is 24.1 Å². The Balaban J connectivity index is 3.49. The molecule has 0 fully saturated rings. The molecule has 0 bridgehead atoms. The summed E-state index contributed by atoms with van der Waals surface area (Å²) < 4.78 is 15.6. The molecule has 0 spiro atoms. The summed E-state index contributed by atoms with van der Waals surface area (Å²) in [6.45, 7) is 7.38. The number of rotatable bonds is 8. The van der Waals surface area contributed by atoms with E-state index in [-0.39, 0.29) is 23.9 Å². The van der Waals surface area contributed by atoms with Crippen LogP contribution in [-0.2, 0) is 11.2 Å². The van der Waals surface area contributed by atoms with E-state index >= 15 is 0 Å². The molecule has 5 nitrogen and oxygen atoms in total. The van der Waals surface area contributed by atoms with Gasteiger partial charge in [0.05, 0.1) is 7.11 Å². The molecule has 0 heterocycles. The van der Waals surface area contributed by atoms with Gasteiger partial charge in [0.25, 0.3) is 0 Å². The van der Waals surface area contributed by atoms with Gasteiger partial charge in [-0.1, -0.05) is 18.2 Å². The number of aromatic hydroxyl groups is 1. The predicted octanol–water partition coefficient (Wildman–Crippen LogP) is 3.26. The van der Waals surface area contributed by atoms with Crippen molar-refractivity contribution in [2.45, 2.75) is 20.3 Å². The summed E-state index contributed by atoms with van der Waals surface area (Å²) >= 11 is 0. The minimum absolute atomic E-state index is 0.0270. The van der Waals surface area contributed by atoms with Crippen LogP contribution < -0.4 is 9.47 Å². The first-order chi connectivity index (χ1) is 10.5. The summed E-state index contributed by atoms with van der Waals surface area (Å²) in [4.78, 5) is 12.0. The second-order valence-electron chi connectivity index (χ2n) is 4.88. The van der Waals surface area contributed by atoms with Gasteiger partial charge >= 0.3 is 0 Å². The lowest BCUT2D eigenvalue weighted by Crippen LogP contribution is -2.06. The Morgan fingerprint density at radius 2 is 2.00 bits per heavy atom. The molecule has 120 valence electrons. The monoisotopic (exact) mass is 306 g/mol. The van der Waals surface area contributed by atoms with Gasteiger partial charge in [0.15, 0.2) is 12.6 Å². The number of methoxy groups -OCH3 is 2. The van der Waals surface area contributed by atoms with Crippen LogP contribution in [0.15, 0.2) is 30.4 Å². The molecule has 0 aliphatic carbocycles. The lowest BCUT2D eigenvalue weighted by molar-refractivity contribution is 0.0502. The van der Waals surface area contributed by atoms with Gasteiger partial charge in [-0.15, -0.1) is 0 Å². The van der Waals surface area contributed by atoms with E-state index in [1.54, 1.807) is 6.07 Å². The van der Waals surface area contributed by atoms with Gasteiger partial charge in [-0.25, -0.2) is 0 Å². The molecule has 1 rings (SSSR count). The number of hydrogen-bond donors (Lipinski definition) is 1. The molecular formula is C17H22O5. The smallest absolute Gasteiger partial charge is 0.192 e. The highest BCUT2D eigenvalue weighted by Crippen LogP contribution is 2.39. The van der Waals surface area contributed by atoms with Gasteiger partial charge in [-0.05, 0) is 26.3 Å². The lowest BCUT2D eigenvalue weighted by Gasteiger charge is -2.17. The molecule has 0 aliphatic heterocycles. The van der Waals surface area contributed by atoms with E-state index in [1.165, 1.54) is 14.2 Å². The van der Waals surface area contributed by atoms with E-state index < -0.39 is 5.78 Å². The molecular weight excluding hydrogens is 284 g/mol. The molecule has 0 amide bonds. The molecule has 1 aromatic carbocycles. The maximum atomic E-state index is 12.0. The van der Waals surface area contributed by atoms with E-state index in [4.69, 9.17) is 14.2 Å². The van der Waals surface area contributed by atoms with Crippen molar-refractivity contribution in [2.24, 2.45) is 0 Å². The van der Waals surface area contributed by atoms with Gasteiger partial charge < -0.3 is 19.3 Å². The van der Waals surface area contributed by atoms with E-state index in [0.29, 0.717) is 17.7 Å². The van der Waals surface area contributed by atoms with Crippen LogP contribution in [0.1, 0.15) is 29.8 Å². The van der Waals surface area contributed by atoms with Crippen LogP contribution in [0.3, 0.4) is 0 Å². The molecule has 22 heavy (non-hydrogen) atoms. The highest BCUT2D eigenvalue weighted by molar-refractivity contribution is 6.08. The molecule has 5 heteroatoms. The number of ether oxygens (including phenoxy) is 3. The van der Waals surface area contributed by atoms with E-state index in [0.717, 1.165) is 11.6 Å². The van der Waals surface area contributed by atoms with Crippen molar-refractivity contribution >= 4 is 5.78 Å². The summed E-state index contributed by atoms with van der Waals surface area (Å²) in [5.41, 5.74) is 1.67. The Hall–Kier alpha value is -2.27. The van der Waals surface area contributed by atoms with E-state index in [2.05, 4.69) is 6.58 Å². The lowest BCUT2D eigenvalue weighted by atomic mass is 9.99. The Labute approximate surface area is 130 Å². The fourth-order valence-corrected chi connectivity index (χ4v) is 1.92. The maximum Gasteiger partial charge on any atom is 0.192 e. The summed E-state index contributed by atoms with van der Waals surface area (Å²) in [6.07, 6.45) is 3.50. The zero-order valence-electron chi connectivity index (χ0n) is 13.4. The fraction of sp³-hybridized carbons (Fsp3) is 0.353. The van der Waals surface area contributed by atoms with Crippen molar-refractivity contribution in [3.05, 3.63) is 41.5 Å². The Bertz CT molecular complexity index is 583. The molecule has 0 aromatic heterocycles. The van der Waals surface area contributed by atoms with Crippen molar-refractivity contribution in [1.29, 1.82) is 0 Å². The zero-order chi connectivity index (χ0) is 16.7. The highest BCUT2D eigenvalue weighted by atomic mass is 16.7. The first-order valence-corrected chi connectivity index (χ1v) is 6.80. The average molecular weight is 306 g/mol. The second kappa shape index (κ2) is 8.24. The number of ketones is 1. The molecule has 1 aromatic rings. The van der Waals surface area contributed by atoms with Crippen LogP contribution in [0, 0.1) is 0 Å². The first-order valence-electron chi connectivity index (χ1n) is 6.80. The standard InChI is InChI=1S/C17H22O5/c1-6-13(18)16-15(21-5)9-14(22-10-20-4)12(17(16)19)8-7-11(2)3/h6-7,9,19H,1,8,10H2,2-5H3. The van der Waals surface area contributed by atoms with E-state index in [9.17, 15) is 9.90 Å². The van der Waals surface area contributed by atoms with Gasteiger partial charge in [-0.3, -0.25) is 4.79 Å². The summed E-state index contributed by atoms with van der Waals surface area (Å²) in [6, 6.07) is 1.57. The van der Waals surface area contributed by atoms with Gasteiger partial charge in [0.2, 0.25) is 0 Å². The van der Waals surface area contributed by atoms with Crippen LogP contribution >= 0.6 is 0 Å². The first kappa shape index (κ1) is 17.8. The summed E-state index contributed by atoms with van der Waals surface area (Å²) in [5.74, 6) is 0.0720. The number of allylic oxidation sites excluding steroid dienone is 3. The quantitative estimate of drug-likeness (QED) is 0.346. The number of benzene rings is 1. The number of hydrogen-bond acceptors (Lipinski definition) is 5. The van der Waals surface area contributed by atoms with Crippen molar-refractivity contribution in [3.8, 4) is 17.2 Å².